The lowest BCUT2D eigenvalue weighted by atomic mass is 10.2. The third kappa shape index (κ3) is 5.73. The van der Waals surface area contributed by atoms with Crippen LogP contribution in [0.1, 0.15) is 18.4 Å². The zero-order valence-electron chi connectivity index (χ0n) is 20.5. The highest BCUT2D eigenvalue weighted by Crippen LogP contribution is 2.33. The molecule has 0 atom stereocenters. The van der Waals surface area contributed by atoms with Crippen molar-refractivity contribution in [2.45, 2.75) is 24.3 Å². The Morgan fingerprint density at radius 1 is 0.917 bits per heavy atom. The van der Waals surface area contributed by atoms with Crippen LogP contribution in [-0.4, -0.2) is 48.2 Å². The summed E-state index contributed by atoms with van der Waals surface area (Å²) in [5, 5.41) is 2.85. The molecule has 4 rings (SSSR count). The van der Waals surface area contributed by atoms with Gasteiger partial charge in [0.05, 0.1) is 24.8 Å². The van der Waals surface area contributed by atoms with E-state index in [9.17, 15) is 13.2 Å². The van der Waals surface area contributed by atoms with Gasteiger partial charge < -0.3 is 19.7 Å². The minimum absolute atomic E-state index is 0.0880. The van der Waals surface area contributed by atoms with Gasteiger partial charge in [0, 0.05) is 31.4 Å². The number of hydrogen-bond donors (Lipinski definition) is 1. The number of benzene rings is 3. The Kier molecular flexibility index (Phi) is 8.00. The molecule has 0 aliphatic carbocycles. The first-order valence-corrected chi connectivity index (χ1v) is 13.3. The molecule has 9 heteroatoms. The van der Waals surface area contributed by atoms with Crippen LogP contribution in [-0.2, 0) is 21.4 Å². The molecule has 190 valence electrons. The molecule has 1 N–H and O–H groups in total. The molecule has 36 heavy (non-hydrogen) atoms. The van der Waals surface area contributed by atoms with Gasteiger partial charge >= 0.3 is 0 Å². The molecular formula is C27H31N3O5S. The molecule has 0 aromatic heterocycles. The summed E-state index contributed by atoms with van der Waals surface area (Å²) in [4.78, 5) is 15.4. The third-order valence-corrected chi connectivity index (χ3v) is 7.96. The van der Waals surface area contributed by atoms with Crippen LogP contribution in [0.25, 0.3) is 0 Å². The summed E-state index contributed by atoms with van der Waals surface area (Å²) in [7, 11) is -1.05. The van der Waals surface area contributed by atoms with Gasteiger partial charge in [0.2, 0.25) is 5.91 Å². The first-order chi connectivity index (χ1) is 17.4. The predicted octanol–water partition coefficient (Wildman–Crippen LogP) is 3.82. The number of ether oxygens (including phenoxy) is 2. The van der Waals surface area contributed by atoms with E-state index in [1.807, 2.05) is 12.1 Å². The monoisotopic (exact) mass is 509 g/mol. The molecule has 8 nitrogen and oxygen atoms in total. The Balaban J connectivity index is 1.52. The molecule has 1 amide bonds. The highest BCUT2D eigenvalue weighted by atomic mass is 32.2. The second-order valence-corrected chi connectivity index (χ2v) is 10.4. The number of hydrogen-bond acceptors (Lipinski definition) is 6. The SMILES string of the molecule is COc1ccc(N(CC(=O)NCc2ccc(N3CCCC3)cc2)S(=O)(=O)c2ccccc2)cc1OC. The molecule has 3 aromatic carbocycles. The maximum atomic E-state index is 13.5. The van der Waals surface area contributed by atoms with E-state index >= 15 is 0 Å². The lowest BCUT2D eigenvalue weighted by Crippen LogP contribution is -2.40. The van der Waals surface area contributed by atoms with E-state index in [4.69, 9.17) is 9.47 Å². The van der Waals surface area contributed by atoms with Crippen molar-refractivity contribution < 1.29 is 22.7 Å². The van der Waals surface area contributed by atoms with Crippen molar-refractivity contribution in [3.63, 3.8) is 0 Å². The second kappa shape index (κ2) is 11.3. The van der Waals surface area contributed by atoms with E-state index < -0.39 is 22.5 Å². The quantitative estimate of drug-likeness (QED) is 0.447. The Labute approximate surface area is 212 Å². The summed E-state index contributed by atoms with van der Waals surface area (Å²) in [5.41, 5.74) is 2.41. The lowest BCUT2D eigenvalue weighted by molar-refractivity contribution is -0.119. The maximum Gasteiger partial charge on any atom is 0.264 e. The van der Waals surface area contributed by atoms with Gasteiger partial charge in [0.25, 0.3) is 10.0 Å². The summed E-state index contributed by atoms with van der Waals surface area (Å²) in [6.45, 7) is 2.04. The third-order valence-electron chi connectivity index (χ3n) is 6.17. The highest BCUT2D eigenvalue weighted by Gasteiger charge is 2.28. The molecule has 0 spiro atoms. The predicted molar refractivity (Wildman–Crippen MR) is 140 cm³/mol. The topological polar surface area (TPSA) is 88.2 Å². The van der Waals surface area contributed by atoms with Gasteiger partial charge in [-0.1, -0.05) is 30.3 Å². The molecule has 0 radical (unpaired) electrons. The second-order valence-electron chi connectivity index (χ2n) is 8.50. The van der Waals surface area contributed by atoms with Crippen LogP contribution in [0, 0.1) is 0 Å². The minimum Gasteiger partial charge on any atom is -0.493 e. The van der Waals surface area contributed by atoms with Crippen LogP contribution in [0.5, 0.6) is 11.5 Å². The smallest absolute Gasteiger partial charge is 0.264 e. The van der Waals surface area contributed by atoms with E-state index in [-0.39, 0.29) is 4.90 Å². The van der Waals surface area contributed by atoms with Crippen molar-refractivity contribution in [3.8, 4) is 11.5 Å². The minimum atomic E-state index is -4.02. The lowest BCUT2D eigenvalue weighted by Gasteiger charge is -2.25. The molecule has 1 heterocycles. The van der Waals surface area contributed by atoms with E-state index in [0.29, 0.717) is 23.7 Å². The van der Waals surface area contributed by atoms with E-state index in [1.54, 1.807) is 36.4 Å². The van der Waals surface area contributed by atoms with Crippen LogP contribution in [0.4, 0.5) is 11.4 Å². The van der Waals surface area contributed by atoms with Gasteiger partial charge in [-0.2, -0.15) is 0 Å². The summed E-state index contributed by atoms with van der Waals surface area (Å²) in [6.07, 6.45) is 2.42. The fourth-order valence-corrected chi connectivity index (χ4v) is 5.64. The number of carbonyl (C=O) groups is 1. The van der Waals surface area contributed by atoms with Gasteiger partial charge in [0.15, 0.2) is 11.5 Å². The number of carbonyl (C=O) groups excluding carboxylic acids is 1. The number of sulfonamides is 1. The number of nitrogens with zero attached hydrogens (tertiary/aromatic N) is 2. The maximum absolute atomic E-state index is 13.5. The molecule has 1 aliphatic rings. The number of amides is 1. The van der Waals surface area contributed by atoms with Gasteiger partial charge in [-0.25, -0.2) is 8.42 Å². The number of anilines is 2. The standard InChI is InChI=1S/C27H31N3O5S/c1-34-25-15-14-23(18-26(25)35-2)30(36(32,33)24-8-4-3-5-9-24)20-27(31)28-19-21-10-12-22(13-11-21)29-16-6-7-17-29/h3-5,8-15,18H,6-7,16-17,19-20H2,1-2H3,(H,28,31). The molecular weight excluding hydrogens is 478 g/mol. The molecule has 3 aromatic rings. The molecule has 0 bridgehead atoms. The Hall–Kier alpha value is -3.72. The summed E-state index contributed by atoms with van der Waals surface area (Å²) >= 11 is 0. The Morgan fingerprint density at radius 3 is 2.22 bits per heavy atom. The van der Waals surface area contributed by atoms with Gasteiger partial charge in [-0.3, -0.25) is 9.10 Å². The molecule has 1 saturated heterocycles. The van der Waals surface area contributed by atoms with Crippen molar-refractivity contribution >= 4 is 27.3 Å². The van der Waals surface area contributed by atoms with Crippen LogP contribution >= 0.6 is 0 Å². The van der Waals surface area contributed by atoms with Crippen molar-refractivity contribution in [2.75, 3.05) is 43.1 Å². The number of nitrogens with one attached hydrogen (secondary N) is 1. The molecule has 0 saturated carbocycles. The first-order valence-electron chi connectivity index (χ1n) is 11.8. The summed E-state index contributed by atoms with van der Waals surface area (Å²) in [6, 6.07) is 20.9. The summed E-state index contributed by atoms with van der Waals surface area (Å²) < 4.78 is 38.8. The van der Waals surface area contributed by atoms with Crippen molar-refractivity contribution in [2.24, 2.45) is 0 Å². The average Bonchev–Trinajstić information content (AvgIpc) is 3.46. The molecule has 1 fully saturated rings. The van der Waals surface area contributed by atoms with Crippen LogP contribution in [0.15, 0.2) is 77.7 Å². The normalized spacial score (nSPS) is 13.3. The first kappa shape index (κ1) is 25.4. The number of methoxy groups -OCH3 is 2. The van der Waals surface area contributed by atoms with Crippen LogP contribution in [0.3, 0.4) is 0 Å². The number of rotatable bonds is 10. The zero-order chi connectivity index (χ0) is 25.5. The summed E-state index contributed by atoms with van der Waals surface area (Å²) in [5.74, 6) is 0.398. The van der Waals surface area contributed by atoms with Crippen molar-refractivity contribution in [1.29, 1.82) is 0 Å². The van der Waals surface area contributed by atoms with E-state index in [2.05, 4.69) is 22.3 Å². The van der Waals surface area contributed by atoms with Gasteiger partial charge in [-0.05, 0) is 54.8 Å². The average molecular weight is 510 g/mol. The molecule has 1 aliphatic heterocycles. The van der Waals surface area contributed by atoms with Gasteiger partial charge in [0.1, 0.15) is 6.54 Å². The van der Waals surface area contributed by atoms with Crippen molar-refractivity contribution in [1.82, 2.24) is 5.32 Å². The van der Waals surface area contributed by atoms with E-state index in [1.165, 1.54) is 44.9 Å². The van der Waals surface area contributed by atoms with Crippen molar-refractivity contribution in [3.05, 3.63) is 78.4 Å². The fourth-order valence-electron chi connectivity index (χ4n) is 4.20. The van der Waals surface area contributed by atoms with Gasteiger partial charge in [-0.15, -0.1) is 0 Å². The van der Waals surface area contributed by atoms with Crippen LogP contribution < -0.4 is 24.0 Å². The van der Waals surface area contributed by atoms with Crippen LogP contribution in [0.2, 0.25) is 0 Å². The largest absolute Gasteiger partial charge is 0.493 e. The molecule has 0 unspecified atom stereocenters. The highest BCUT2D eigenvalue weighted by molar-refractivity contribution is 7.92. The Morgan fingerprint density at radius 2 is 1.58 bits per heavy atom. The zero-order valence-corrected chi connectivity index (χ0v) is 21.3. The Bertz CT molecular complexity index is 1270. The van der Waals surface area contributed by atoms with E-state index in [0.717, 1.165) is 23.0 Å². The fraction of sp³-hybridized carbons (Fsp3) is 0.296.